The number of hydrogen-bond donors (Lipinski definition) is 2. The highest BCUT2D eigenvalue weighted by Gasteiger charge is 2.10. The van der Waals surface area contributed by atoms with Crippen LogP contribution in [0.15, 0.2) is 30.7 Å². The normalized spacial score (nSPS) is 10.0. The molecule has 0 saturated heterocycles. The van der Waals surface area contributed by atoms with Crippen LogP contribution in [0, 0.1) is 0 Å². The van der Waals surface area contributed by atoms with Gasteiger partial charge in [-0.15, -0.1) is 0 Å². The number of anilines is 1. The number of carbonyl (C=O) groups excluding carboxylic acids is 1. The smallest absolute Gasteiger partial charge is 0.230 e. The molecular weight excluding hydrogens is 246 g/mol. The van der Waals surface area contributed by atoms with E-state index in [-0.39, 0.29) is 12.3 Å². The van der Waals surface area contributed by atoms with Crippen LogP contribution in [-0.2, 0) is 11.2 Å². The second kappa shape index (κ2) is 5.90. The van der Waals surface area contributed by atoms with E-state index in [0.29, 0.717) is 17.2 Å². The minimum Gasteiger partial charge on any atom is -0.497 e. The van der Waals surface area contributed by atoms with Crippen LogP contribution >= 0.6 is 0 Å². The second-order valence-electron chi connectivity index (χ2n) is 3.87. The lowest BCUT2D eigenvalue weighted by Gasteiger charge is -2.11. The zero-order valence-corrected chi connectivity index (χ0v) is 10.8. The van der Waals surface area contributed by atoms with E-state index in [1.54, 1.807) is 38.6 Å². The summed E-state index contributed by atoms with van der Waals surface area (Å²) >= 11 is 0. The lowest BCUT2D eigenvalue weighted by molar-refractivity contribution is -0.115. The number of ether oxygens (including phenoxy) is 2. The summed E-state index contributed by atoms with van der Waals surface area (Å²) in [6, 6.07) is 5.22. The number of nitrogens with zero attached hydrogens (tertiary/aromatic N) is 1. The number of aromatic amines is 1. The molecule has 0 saturated carbocycles. The third-order valence-electron chi connectivity index (χ3n) is 2.59. The summed E-state index contributed by atoms with van der Waals surface area (Å²) in [5.41, 5.74) is 1.32. The molecule has 2 aromatic rings. The summed E-state index contributed by atoms with van der Waals surface area (Å²) in [6.07, 6.45) is 3.37. The number of H-pyrrole nitrogens is 1. The van der Waals surface area contributed by atoms with E-state index in [2.05, 4.69) is 15.3 Å². The molecule has 1 heterocycles. The number of carbonyl (C=O) groups is 1. The molecule has 2 N–H and O–H groups in total. The molecule has 0 unspecified atom stereocenters. The Morgan fingerprint density at radius 2 is 2.21 bits per heavy atom. The number of methoxy groups -OCH3 is 2. The quantitative estimate of drug-likeness (QED) is 0.857. The molecule has 6 nitrogen and oxygen atoms in total. The van der Waals surface area contributed by atoms with Crippen LogP contribution in [0.25, 0.3) is 0 Å². The van der Waals surface area contributed by atoms with Gasteiger partial charge in [-0.25, -0.2) is 4.98 Å². The van der Waals surface area contributed by atoms with E-state index in [0.717, 1.165) is 5.69 Å². The molecule has 0 spiro atoms. The lowest BCUT2D eigenvalue weighted by atomic mass is 10.2. The molecule has 1 aromatic carbocycles. The van der Waals surface area contributed by atoms with Crippen molar-refractivity contribution in [1.82, 2.24) is 9.97 Å². The van der Waals surface area contributed by atoms with Crippen LogP contribution in [0.2, 0.25) is 0 Å². The summed E-state index contributed by atoms with van der Waals surface area (Å²) in [6.45, 7) is 0. The fourth-order valence-electron chi connectivity index (χ4n) is 1.66. The SMILES string of the molecule is COc1ccc(OC)c(NC(=O)Cc2cnc[nH]2)c1. The first-order valence-corrected chi connectivity index (χ1v) is 5.72. The number of imidazole rings is 1. The standard InChI is InChI=1S/C13H15N3O3/c1-18-10-3-4-12(19-2)11(6-10)16-13(17)5-9-7-14-8-15-9/h3-4,6-8H,5H2,1-2H3,(H,14,15)(H,16,17). The molecule has 1 amide bonds. The number of benzene rings is 1. The zero-order chi connectivity index (χ0) is 13.7. The monoisotopic (exact) mass is 261 g/mol. The van der Waals surface area contributed by atoms with Gasteiger partial charge in [-0.05, 0) is 12.1 Å². The van der Waals surface area contributed by atoms with Crippen molar-refractivity contribution in [1.29, 1.82) is 0 Å². The molecule has 0 aliphatic rings. The highest BCUT2D eigenvalue weighted by molar-refractivity contribution is 5.93. The Balaban J connectivity index is 2.10. The van der Waals surface area contributed by atoms with Crippen LogP contribution in [-0.4, -0.2) is 30.1 Å². The molecule has 6 heteroatoms. The maximum absolute atomic E-state index is 11.9. The van der Waals surface area contributed by atoms with E-state index in [4.69, 9.17) is 9.47 Å². The van der Waals surface area contributed by atoms with Crippen LogP contribution in [0.4, 0.5) is 5.69 Å². The van der Waals surface area contributed by atoms with Crippen molar-refractivity contribution < 1.29 is 14.3 Å². The Kier molecular flexibility index (Phi) is 4.02. The predicted molar refractivity (Wildman–Crippen MR) is 70.5 cm³/mol. The summed E-state index contributed by atoms with van der Waals surface area (Å²) in [7, 11) is 3.12. The second-order valence-corrected chi connectivity index (χ2v) is 3.87. The highest BCUT2D eigenvalue weighted by Crippen LogP contribution is 2.28. The van der Waals surface area contributed by atoms with Gasteiger partial charge >= 0.3 is 0 Å². The minimum atomic E-state index is -0.157. The van der Waals surface area contributed by atoms with E-state index in [1.807, 2.05) is 0 Å². The molecule has 2 rings (SSSR count). The lowest BCUT2D eigenvalue weighted by Crippen LogP contribution is -2.15. The summed E-state index contributed by atoms with van der Waals surface area (Å²) in [5.74, 6) is 1.08. The van der Waals surface area contributed by atoms with Crippen molar-refractivity contribution in [2.45, 2.75) is 6.42 Å². The van der Waals surface area contributed by atoms with Gasteiger partial charge in [0.05, 0.1) is 32.7 Å². The molecule has 0 aliphatic heterocycles. The van der Waals surface area contributed by atoms with Gasteiger partial charge < -0.3 is 19.8 Å². The molecule has 1 aromatic heterocycles. The number of amides is 1. The number of rotatable bonds is 5. The third kappa shape index (κ3) is 3.25. The molecular formula is C13H15N3O3. The first-order valence-electron chi connectivity index (χ1n) is 5.72. The first kappa shape index (κ1) is 12.9. The van der Waals surface area contributed by atoms with Gasteiger partial charge in [0, 0.05) is 18.0 Å². The summed E-state index contributed by atoms with van der Waals surface area (Å²) in [5, 5.41) is 2.78. The molecule has 0 bridgehead atoms. The average Bonchev–Trinajstić information content (AvgIpc) is 2.91. The fourth-order valence-corrected chi connectivity index (χ4v) is 1.66. The Morgan fingerprint density at radius 3 is 2.84 bits per heavy atom. The van der Waals surface area contributed by atoms with Gasteiger partial charge in [0.25, 0.3) is 0 Å². The summed E-state index contributed by atoms with van der Waals surface area (Å²) in [4.78, 5) is 18.6. The van der Waals surface area contributed by atoms with E-state index < -0.39 is 0 Å². The topological polar surface area (TPSA) is 76.2 Å². The Labute approximate surface area is 110 Å². The minimum absolute atomic E-state index is 0.157. The van der Waals surface area contributed by atoms with Gasteiger partial charge in [0.15, 0.2) is 0 Å². The number of nitrogens with one attached hydrogen (secondary N) is 2. The highest BCUT2D eigenvalue weighted by atomic mass is 16.5. The van der Waals surface area contributed by atoms with Gasteiger partial charge in [0.2, 0.25) is 5.91 Å². The first-order chi connectivity index (χ1) is 9.22. The molecule has 100 valence electrons. The zero-order valence-electron chi connectivity index (χ0n) is 10.8. The summed E-state index contributed by atoms with van der Waals surface area (Å²) < 4.78 is 10.3. The molecule has 0 atom stereocenters. The maximum atomic E-state index is 11.9. The third-order valence-corrected chi connectivity index (χ3v) is 2.59. The van der Waals surface area contributed by atoms with E-state index in [9.17, 15) is 4.79 Å². The van der Waals surface area contributed by atoms with Crippen molar-refractivity contribution in [3.05, 3.63) is 36.4 Å². The molecule has 0 radical (unpaired) electrons. The predicted octanol–water partition coefficient (Wildman–Crippen LogP) is 1.61. The van der Waals surface area contributed by atoms with Gasteiger partial charge in [-0.2, -0.15) is 0 Å². The van der Waals surface area contributed by atoms with Crippen LogP contribution in [0.5, 0.6) is 11.5 Å². The van der Waals surface area contributed by atoms with Crippen molar-refractivity contribution in [2.24, 2.45) is 0 Å². The molecule has 19 heavy (non-hydrogen) atoms. The van der Waals surface area contributed by atoms with Crippen molar-refractivity contribution >= 4 is 11.6 Å². The largest absolute Gasteiger partial charge is 0.497 e. The Morgan fingerprint density at radius 1 is 1.37 bits per heavy atom. The number of hydrogen-bond acceptors (Lipinski definition) is 4. The van der Waals surface area contributed by atoms with Crippen LogP contribution < -0.4 is 14.8 Å². The number of aromatic nitrogens is 2. The van der Waals surface area contributed by atoms with Crippen molar-refractivity contribution in [3.8, 4) is 11.5 Å². The van der Waals surface area contributed by atoms with Crippen molar-refractivity contribution in [3.63, 3.8) is 0 Å². The van der Waals surface area contributed by atoms with E-state index >= 15 is 0 Å². The van der Waals surface area contributed by atoms with Crippen molar-refractivity contribution in [2.75, 3.05) is 19.5 Å². The van der Waals surface area contributed by atoms with Gasteiger partial charge in [-0.3, -0.25) is 4.79 Å². The van der Waals surface area contributed by atoms with Gasteiger partial charge in [-0.1, -0.05) is 0 Å². The van der Waals surface area contributed by atoms with Crippen LogP contribution in [0.3, 0.4) is 0 Å². The Hall–Kier alpha value is -2.50. The Bertz CT molecular complexity index is 552. The fraction of sp³-hybridized carbons (Fsp3) is 0.231. The van der Waals surface area contributed by atoms with Crippen LogP contribution in [0.1, 0.15) is 5.69 Å². The average molecular weight is 261 g/mol. The maximum Gasteiger partial charge on any atom is 0.230 e. The van der Waals surface area contributed by atoms with Gasteiger partial charge in [0.1, 0.15) is 11.5 Å². The van der Waals surface area contributed by atoms with E-state index in [1.165, 1.54) is 6.33 Å². The molecule has 0 aliphatic carbocycles. The molecule has 0 fully saturated rings.